The maximum atomic E-state index is 4.66. The minimum Gasteiger partial charge on any atom is -0.348 e. The Kier molecular flexibility index (Phi) is 3.71. The summed E-state index contributed by atoms with van der Waals surface area (Å²) in [6.07, 6.45) is 0. The molecule has 0 aliphatic carbocycles. The summed E-state index contributed by atoms with van der Waals surface area (Å²) < 4.78 is 3.23. The van der Waals surface area contributed by atoms with Gasteiger partial charge >= 0.3 is 0 Å². The van der Waals surface area contributed by atoms with Crippen LogP contribution in [0.5, 0.6) is 0 Å². The average Bonchev–Trinajstić information content (AvgIpc) is 2.96. The van der Waals surface area contributed by atoms with Crippen molar-refractivity contribution in [2.75, 3.05) is 5.32 Å². The van der Waals surface area contributed by atoms with Crippen molar-refractivity contribution in [3.63, 3.8) is 0 Å². The minimum atomic E-state index is 0.638. The maximum absolute atomic E-state index is 4.66. The van der Waals surface area contributed by atoms with Gasteiger partial charge in [-0.2, -0.15) is 0 Å². The molecule has 6 heteroatoms. The van der Waals surface area contributed by atoms with Crippen LogP contribution in [-0.4, -0.2) is 19.5 Å². The third-order valence-corrected chi connectivity index (χ3v) is 4.11. The zero-order valence-electron chi connectivity index (χ0n) is 12.4. The summed E-state index contributed by atoms with van der Waals surface area (Å²) in [5, 5.41) is 3.37. The van der Waals surface area contributed by atoms with Crippen LogP contribution >= 0.6 is 15.9 Å². The van der Waals surface area contributed by atoms with Gasteiger partial charge in [-0.05, 0) is 39.0 Å². The number of aromatic amines is 1. The molecule has 3 aromatic rings. The largest absolute Gasteiger partial charge is 0.348 e. The Balaban J connectivity index is 1.89. The summed E-state index contributed by atoms with van der Waals surface area (Å²) in [6, 6.07) is 6.13. The molecule has 110 valence electrons. The molecule has 0 atom stereocenters. The van der Waals surface area contributed by atoms with Gasteiger partial charge in [0, 0.05) is 16.7 Å². The van der Waals surface area contributed by atoms with Crippen molar-refractivity contribution in [3.8, 4) is 0 Å². The van der Waals surface area contributed by atoms with Gasteiger partial charge < -0.3 is 14.9 Å². The molecule has 21 heavy (non-hydrogen) atoms. The van der Waals surface area contributed by atoms with Gasteiger partial charge in [0.15, 0.2) is 0 Å². The molecule has 2 aromatic heterocycles. The lowest BCUT2D eigenvalue weighted by Gasteiger charge is -2.07. The number of aromatic nitrogens is 4. The van der Waals surface area contributed by atoms with E-state index in [4.69, 9.17) is 0 Å². The SMILES string of the molecule is CCn1c(NCc2nc(C)c(C)[nH]2)nc2ccc(Br)cc21. The molecule has 0 saturated heterocycles. The molecular weight excluding hydrogens is 330 g/mol. The number of anilines is 1. The summed E-state index contributed by atoms with van der Waals surface area (Å²) in [4.78, 5) is 12.4. The lowest BCUT2D eigenvalue weighted by molar-refractivity contribution is 0.783. The molecule has 3 rings (SSSR count). The third-order valence-electron chi connectivity index (χ3n) is 3.62. The average molecular weight is 348 g/mol. The highest BCUT2D eigenvalue weighted by Crippen LogP contribution is 2.23. The van der Waals surface area contributed by atoms with Crippen LogP contribution in [0.1, 0.15) is 24.1 Å². The van der Waals surface area contributed by atoms with Crippen LogP contribution < -0.4 is 5.32 Å². The normalized spacial score (nSPS) is 11.2. The van der Waals surface area contributed by atoms with Crippen molar-refractivity contribution in [3.05, 3.63) is 39.9 Å². The second-order valence-corrected chi connectivity index (χ2v) is 5.98. The lowest BCUT2D eigenvalue weighted by atomic mass is 10.3. The number of fused-ring (bicyclic) bond motifs is 1. The first-order valence-corrected chi connectivity index (χ1v) is 7.79. The molecule has 0 bridgehead atoms. The van der Waals surface area contributed by atoms with Gasteiger partial charge in [-0.25, -0.2) is 9.97 Å². The van der Waals surface area contributed by atoms with Gasteiger partial charge in [0.1, 0.15) is 5.82 Å². The third kappa shape index (κ3) is 2.68. The fraction of sp³-hybridized carbons (Fsp3) is 0.333. The molecule has 0 saturated carbocycles. The van der Waals surface area contributed by atoms with Crippen molar-refractivity contribution in [2.45, 2.75) is 33.9 Å². The van der Waals surface area contributed by atoms with E-state index in [9.17, 15) is 0 Å². The van der Waals surface area contributed by atoms with Gasteiger partial charge in [0.25, 0.3) is 0 Å². The van der Waals surface area contributed by atoms with Crippen LogP contribution in [-0.2, 0) is 13.1 Å². The Morgan fingerprint density at radius 1 is 1.29 bits per heavy atom. The van der Waals surface area contributed by atoms with E-state index in [1.54, 1.807) is 0 Å². The lowest BCUT2D eigenvalue weighted by Crippen LogP contribution is -2.07. The molecule has 0 aliphatic heterocycles. The molecule has 5 nitrogen and oxygen atoms in total. The molecule has 0 radical (unpaired) electrons. The first-order chi connectivity index (χ1) is 10.1. The van der Waals surface area contributed by atoms with Crippen LogP contribution in [0.15, 0.2) is 22.7 Å². The van der Waals surface area contributed by atoms with E-state index in [1.807, 2.05) is 26.0 Å². The quantitative estimate of drug-likeness (QED) is 0.755. The molecule has 1 aromatic carbocycles. The van der Waals surface area contributed by atoms with Gasteiger partial charge in [-0.3, -0.25) is 0 Å². The van der Waals surface area contributed by atoms with E-state index in [2.05, 4.69) is 53.8 Å². The Bertz CT molecular complexity index is 767. The highest BCUT2D eigenvalue weighted by molar-refractivity contribution is 9.10. The van der Waals surface area contributed by atoms with Crippen LogP contribution in [0.25, 0.3) is 11.0 Å². The molecule has 0 amide bonds. The van der Waals surface area contributed by atoms with Gasteiger partial charge in [-0.1, -0.05) is 15.9 Å². The summed E-state index contributed by atoms with van der Waals surface area (Å²) in [5.74, 6) is 1.80. The number of hydrogen-bond donors (Lipinski definition) is 2. The number of halogens is 1. The molecule has 2 N–H and O–H groups in total. The van der Waals surface area contributed by atoms with Crippen molar-refractivity contribution in [1.82, 2.24) is 19.5 Å². The standard InChI is InChI=1S/C15H18BrN5/c1-4-21-13-7-11(16)5-6-12(13)20-15(21)17-8-14-18-9(2)10(3)19-14/h5-7H,4,8H2,1-3H3,(H,17,20)(H,18,19). The van der Waals surface area contributed by atoms with E-state index in [1.165, 1.54) is 0 Å². The molecule has 0 aliphatic rings. The number of nitrogens with zero attached hydrogens (tertiary/aromatic N) is 3. The summed E-state index contributed by atoms with van der Waals surface area (Å²) in [6.45, 7) is 7.66. The number of aryl methyl sites for hydroxylation is 3. The second-order valence-electron chi connectivity index (χ2n) is 5.06. The van der Waals surface area contributed by atoms with Gasteiger partial charge in [0.2, 0.25) is 5.95 Å². The Morgan fingerprint density at radius 3 is 2.76 bits per heavy atom. The molecule has 0 spiro atoms. The number of rotatable bonds is 4. The Labute approximate surface area is 131 Å². The molecular formula is C15H18BrN5. The van der Waals surface area contributed by atoms with Crippen LogP contribution in [0.2, 0.25) is 0 Å². The Morgan fingerprint density at radius 2 is 2.10 bits per heavy atom. The van der Waals surface area contributed by atoms with Crippen LogP contribution in [0, 0.1) is 13.8 Å². The topological polar surface area (TPSA) is 58.5 Å². The van der Waals surface area contributed by atoms with E-state index >= 15 is 0 Å². The summed E-state index contributed by atoms with van der Waals surface area (Å²) in [5.41, 5.74) is 4.27. The van der Waals surface area contributed by atoms with Crippen molar-refractivity contribution >= 4 is 32.9 Å². The maximum Gasteiger partial charge on any atom is 0.204 e. The highest BCUT2D eigenvalue weighted by Gasteiger charge is 2.10. The minimum absolute atomic E-state index is 0.638. The molecule has 0 fully saturated rings. The fourth-order valence-corrected chi connectivity index (χ4v) is 2.77. The van der Waals surface area contributed by atoms with Crippen LogP contribution in [0.4, 0.5) is 5.95 Å². The number of hydrogen-bond acceptors (Lipinski definition) is 3. The number of imidazole rings is 2. The van der Waals surface area contributed by atoms with E-state index in [0.717, 1.165) is 45.2 Å². The molecule has 2 heterocycles. The predicted octanol–water partition coefficient (Wildman–Crippen LogP) is 3.77. The highest BCUT2D eigenvalue weighted by atomic mass is 79.9. The van der Waals surface area contributed by atoms with Crippen LogP contribution in [0.3, 0.4) is 0 Å². The monoisotopic (exact) mass is 347 g/mol. The number of nitrogens with one attached hydrogen (secondary N) is 2. The smallest absolute Gasteiger partial charge is 0.204 e. The zero-order valence-corrected chi connectivity index (χ0v) is 14.0. The molecule has 0 unspecified atom stereocenters. The fourth-order valence-electron chi connectivity index (χ4n) is 2.42. The summed E-state index contributed by atoms with van der Waals surface area (Å²) in [7, 11) is 0. The number of H-pyrrole nitrogens is 1. The van der Waals surface area contributed by atoms with E-state index < -0.39 is 0 Å². The van der Waals surface area contributed by atoms with Gasteiger partial charge in [-0.15, -0.1) is 0 Å². The van der Waals surface area contributed by atoms with E-state index in [0.29, 0.717) is 6.54 Å². The van der Waals surface area contributed by atoms with Gasteiger partial charge in [0.05, 0.1) is 23.3 Å². The van der Waals surface area contributed by atoms with Crippen molar-refractivity contribution < 1.29 is 0 Å². The Hall–Kier alpha value is -1.82. The summed E-state index contributed by atoms with van der Waals surface area (Å²) >= 11 is 3.51. The predicted molar refractivity (Wildman–Crippen MR) is 88.5 cm³/mol. The first kappa shape index (κ1) is 14.1. The second kappa shape index (κ2) is 5.52. The number of benzene rings is 1. The van der Waals surface area contributed by atoms with E-state index in [-0.39, 0.29) is 0 Å². The zero-order chi connectivity index (χ0) is 15.0. The first-order valence-electron chi connectivity index (χ1n) is 7.00. The van der Waals surface area contributed by atoms with Crippen molar-refractivity contribution in [1.29, 1.82) is 0 Å². The van der Waals surface area contributed by atoms with Crippen molar-refractivity contribution in [2.24, 2.45) is 0 Å².